The summed E-state index contributed by atoms with van der Waals surface area (Å²) in [4.78, 5) is 16.9. The zero-order valence-electron chi connectivity index (χ0n) is 18.5. The van der Waals surface area contributed by atoms with Gasteiger partial charge in [0.05, 0.1) is 25.5 Å². The molecule has 0 aliphatic heterocycles. The Bertz CT molecular complexity index is 1470. The van der Waals surface area contributed by atoms with E-state index in [1.807, 2.05) is 48.5 Å². The van der Waals surface area contributed by atoms with Gasteiger partial charge in [-0.2, -0.15) is 9.61 Å². The third-order valence-electron chi connectivity index (χ3n) is 5.29. The third-order valence-corrected chi connectivity index (χ3v) is 5.29. The molecule has 9 heteroatoms. The number of amides is 1. The summed E-state index contributed by atoms with van der Waals surface area (Å²) in [6.07, 6.45) is 3.41. The van der Waals surface area contributed by atoms with Gasteiger partial charge in [0.25, 0.3) is 5.91 Å². The summed E-state index contributed by atoms with van der Waals surface area (Å²) < 4.78 is 12.3. The van der Waals surface area contributed by atoms with Gasteiger partial charge < -0.3 is 14.8 Å². The molecule has 0 aliphatic carbocycles. The van der Waals surface area contributed by atoms with Crippen LogP contribution in [-0.4, -0.2) is 44.9 Å². The number of ether oxygens (including phenoxy) is 2. The lowest BCUT2D eigenvalue weighted by Crippen LogP contribution is -2.13. The third kappa shape index (κ3) is 3.90. The highest BCUT2D eigenvalue weighted by atomic mass is 16.5. The summed E-state index contributed by atoms with van der Waals surface area (Å²) in [6, 6.07) is 20.1. The molecular formula is C25H20N6O3. The summed E-state index contributed by atoms with van der Waals surface area (Å²) in [5, 5.41) is 16.1. The average molecular weight is 452 g/mol. The molecule has 0 spiro atoms. The number of nitrogens with one attached hydrogen (secondary N) is 1. The van der Waals surface area contributed by atoms with Crippen LogP contribution < -0.4 is 14.8 Å². The molecule has 0 aliphatic rings. The largest absolute Gasteiger partial charge is 0.493 e. The van der Waals surface area contributed by atoms with Crippen LogP contribution in [0, 0.1) is 0 Å². The fraction of sp³-hybridized carbons (Fsp3) is 0.0800. The van der Waals surface area contributed by atoms with Crippen molar-refractivity contribution in [2.24, 2.45) is 0 Å². The second-order valence-corrected chi connectivity index (χ2v) is 7.32. The number of pyridine rings is 1. The van der Waals surface area contributed by atoms with Gasteiger partial charge in [-0.1, -0.05) is 18.2 Å². The number of carbonyl (C=O) groups excluding carboxylic acids is 1. The Labute approximate surface area is 195 Å². The molecule has 0 bridgehead atoms. The van der Waals surface area contributed by atoms with Crippen LogP contribution in [0.25, 0.3) is 28.3 Å². The van der Waals surface area contributed by atoms with Crippen molar-refractivity contribution in [2.75, 3.05) is 19.5 Å². The summed E-state index contributed by atoms with van der Waals surface area (Å²) in [5.41, 5.74) is 4.17. The molecule has 5 rings (SSSR count). The number of rotatable bonds is 6. The van der Waals surface area contributed by atoms with Gasteiger partial charge in [-0.25, -0.2) is 0 Å². The normalized spacial score (nSPS) is 10.8. The zero-order chi connectivity index (χ0) is 23.5. The van der Waals surface area contributed by atoms with Gasteiger partial charge in [-0.3, -0.25) is 9.78 Å². The molecule has 0 fully saturated rings. The maximum Gasteiger partial charge on any atom is 0.259 e. The maximum atomic E-state index is 12.8. The van der Waals surface area contributed by atoms with Crippen molar-refractivity contribution in [3.05, 3.63) is 84.7 Å². The SMILES string of the molecule is COc1cccc(C(=O)Nc2ccc(-c3ccc4nnc(-c5ccncc5)n4n3)cc2)c1OC. The highest BCUT2D eigenvalue weighted by Gasteiger charge is 2.17. The Morgan fingerprint density at radius 2 is 1.65 bits per heavy atom. The van der Waals surface area contributed by atoms with E-state index in [4.69, 9.17) is 14.6 Å². The Balaban J connectivity index is 1.40. The molecule has 0 saturated carbocycles. The summed E-state index contributed by atoms with van der Waals surface area (Å²) in [7, 11) is 3.03. The number of benzene rings is 2. The predicted octanol–water partition coefficient (Wildman–Crippen LogP) is 4.12. The average Bonchev–Trinajstić information content (AvgIpc) is 3.32. The number of anilines is 1. The van der Waals surface area contributed by atoms with Crippen molar-refractivity contribution >= 4 is 17.2 Å². The van der Waals surface area contributed by atoms with Crippen LogP contribution in [0.1, 0.15) is 10.4 Å². The van der Waals surface area contributed by atoms with Crippen molar-refractivity contribution in [3.8, 4) is 34.1 Å². The van der Waals surface area contributed by atoms with Gasteiger partial charge in [0.15, 0.2) is 23.0 Å². The number of nitrogens with zero attached hydrogens (tertiary/aromatic N) is 5. The van der Waals surface area contributed by atoms with Crippen LogP contribution in [0.5, 0.6) is 11.5 Å². The van der Waals surface area contributed by atoms with Gasteiger partial charge in [0.1, 0.15) is 0 Å². The molecule has 3 aromatic heterocycles. The molecular weight excluding hydrogens is 432 g/mol. The van der Waals surface area contributed by atoms with Gasteiger partial charge in [0.2, 0.25) is 0 Å². The van der Waals surface area contributed by atoms with Gasteiger partial charge in [-0.15, -0.1) is 10.2 Å². The van der Waals surface area contributed by atoms with E-state index in [9.17, 15) is 4.79 Å². The highest BCUT2D eigenvalue weighted by molar-refractivity contribution is 6.06. The summed E-state index contributed by atoms with van der Waals surface area (Å²) >= 11 is 0. The molecule has 1 amide bonds. The number of hydrogen-bond donors (Lipinski definition) is 1. The summed E-state index contributed by atoms with van der Waals surface area (Å²) in [5.74, 6) is 1.22. The van der Waals surface area contributed by atoms with E-state index in [1.165, 1.54) is 14.2 Å². The van der Waals surface area contributed by atoms with E-state index in [1.54, 1.807) is 35.1 Å². The lowest BCUT2D eigenvalue weighted by atomic mass is 10.1. The molecule has 2 aromatic carbocycles. The van der Waals surface area contributed by atoms with E-state index < -0.39 is 0 Å². The van der Waals surface area contributed by atoms with Crippen molar-refractivity contribution in [3.63, 3.8) is 0 Å². The van der Waals surface area contributed by atoms with Crippen LogP contribution >= 0.6 is 0 Å². The first-order valence-corrected chi connectivity index (χ1v) is 10.4. The molecule has 0 unspecified atom stereocenters. The zero-order valence-corrected chi connectivity index (χ0v) is 18.5. The lowest BCUT2D eigenvalue weighted by molar-refractivity contribution is 0.102. The molecule has 3 heterocycles. The van der Waals surface area contributed by atoms with E-state index in [0.717, 1.165) is 16.8 Å². The van der Waals surface area contributed by atoms with Crippen LogP contribution in [0.15, 0.2) is 79.1 Å². The Morgan fingerprint density at radius 3 is 2.38 bits per heavy atom. The van der Waals surface area contributed by atoms with Crippen molar-refractivity contribution in [1.29, 1.82) is 0 Å². The molecule has 5 aromatic rings. The number of methoxy groups -OCH3 is 2. The van der Waals surface area contributed by atoms with Crippen molar-refractivity contribution in [1.82, 2.24) is 24.8 Å². The monoisotopic (exact) mass is 452 g/mol. The standard InChI is InChI=1S/C25H20N6O3/c1-33-21-5-3-4-19(23(21)34-2)25(32)27-18-8-6-16(7-9-18)20-10-11-22-28-29-24(31(22)30-20)17-12-14-26-15-13-17/h3-15H,1-2H3,(H,27,32). The fourth-order valence-electron chi connectivity index (χ4n) is 3.61. The number of aromatic nitrogens is 5. The topological polar surface area (TPSA) is 104 Å². The maximum absolute atomic E-state index is 12.8. The molecule has 168 valence electrons. The minimum absolute atomic E-state index is 0.297. The first-order chi connectivity index (χ1) is 16.7. The van der Waals surface area contributed by atoms with Crippen LogP contribution in [-0.2, 0) is 0 Å². The first kappa shape index (κ1) is 21.1. The first-order valence-electron chi connectivity index (χ1n) is 10.4. The minimum atomic E-state index is -0.297. The van der Waals surface area contributed by atoms with E-state index in [0.29, 0.717) is 34.2 Å². The molecule has 0 saturated heterocycles. The quantitative estimate of drug-likeness (QED) is 0.413. The van der Waals surface area contributed by atoms with E-state index in [2.05, 4.69) is 20.5 Å². The Hall–Kier alpha value is -4.79. The molecule has 1 N–H and O–H groups in total. The van der Waals surface area contributed by atoms with E-state index >= 15 is 0 Å². The fourth-order valence-corrected chi connectivity index (χ4v) is 3.61. The number of para-hydroxylation sites is 1. The smallest absolute Gasteiger partial charge is 0.259 e. The Kier molecular flexibility index (Phi) is 5.57. The second kappa shape index (κ2) is 8.99. The highest BCUT2D eigenvalue weighted by Crippen LogP contribution is 2.31. The molecule has 0 radical (unpaired) electrons. The van der Waals surface area contributed by atoms with Crippen molar-refractivity contribution < 1.29 is 14.3 Å². The second-order valence-electron chi connectivity index (χ2n) is 7.32. The minimum Gasteiger partial charge on any atom is -0.493 e. The van der Waals surface area contributed by atoms with Gasteiger partial charge >= 0.3 is 0 Å². The molecule has 9 nitrogen and oxygen atoms in total. The van der Waals surface area contributed by atoms with Crippen LogP contribution in [0.3, 0.4) is 0 Å². The number of fused-ring (bicyclic) bond motifs is 1. The van der Waals surface area contributed by atoms with E-state index in [-0.39, 0.29) is 5.91 Å². The summed E-state index contributed by atoms with van der Waals surface area (Å²) in [6.45, 7) is 0. The predicted molar refractivity (Wildman–Crippen MR) is 127 cm³/mol. The molecule has 34 heavy (non-hydrogen) atoms. The van der Waals surface area contributed by atoms with Gasteiger partial charge in [0, 0.05) is 29.2 Å². The number of hydrogen-bond acceptors (Lipinski definition) is 7. The van der Waals surface area contributed by atoms with Crippen LogP contribution in [0.2, 0.25) is 0 Å². The van der Waals surface area contributed by atoms with Crippen molar-refractivity contribution in [2.45, 2.75) is 0 Å². The van der Waals surface area contributed by atoms with Gasteiger partial charge in [-0.05, 0) is 48.5 Å². The number of carbonyl (C=O) groups is 1. The Morgan fingerprint density at radius 1 is 0.853 bits per heavy atom. The molecule has 0 atom stereocenters. The van der Waals surface area contributed by atoms with Crippen LogP contribution in [0.4, 0.5) is 5.69 Å². The lowest BCUT2D eigenvalue weighted by Gasteiger charge is -2.12.